The smallest absolute Gasteiger partial charge is 0.130 e. The van der Waals surface area contributed by atoms with Crippen LogP contribution in [0, 0.1) is 0 Å². The summed E-state index contributed by atoms with van der Waals surface area (Å²) in [4.78, 5) is 4.34. The highest BCUT2D eigenvalue weighted by Gasteiger charge is 2.20. The van der Waals surface area contributed by atoms with E-state index in [-0.39, 0.29) is 0 Å². The number of aromatic nitrogens is 1. The van der Waals surface area contributed by atoms with Crippen molar-refractivity contribution in [2.45, 2.75) is 6.42 Å². The summed E-state index contributed by atoms with van der Waals surface area (Å²) in [6.45, 7) is 0. The number of anilines is 2. The van der Waals surface area contributed by atoms with Crippen LogP contribution in [0.25, 0.3) is 11.1 Å². The minimum atomic E-state index is 0.886. The fourth-order valence-corrected chi connectivity index (χ4v) is 2.85. The zero-order chi connectivity index (χ0) is 13.4. The van der Waals surface area contributed by atoms with E-state index in [4.69, 9.17) is 0 Å². The molecule has 0 bridgehead atoms. The lowest BCUT2D eigenvalue weighted by molar-refractivity contribution is 1.24. The van der Waals surface area contributed by atoms with Crippen molar-refractivity contribution in [2.24, 2.45) is 0 Å². The van der Waals surface area contributed by atoms with E-state index < -0.39 is 0 Å². The molecule has 2 aromatic carbocycles. The van der Waals surface area contributed by atoms with E-state index in [2.05, 4.69) is 52.8 Å². The van der Waals surface area contributed by atoms with Gasteiger partial charge in [-0.1, -0.05) is 42.5 Å². The maximum atomic E-state index is 4.34. The highest BCUT2D eigenvalue weighted by atomic mass is 15.0. The Kier molecular flexibility index (Phi) is 2.52. The third-order valence-electron chi connectivity index (χ3n) is 3.78. The first-order valence-corrected chi connectivity index (χ1v) is 6.80. The highest BCUT2D eigenvalue weighted by Crippen LogP contribution is 2.40. The average molecular weight is 258 g/mol. The molecule has 0 spiro atoms. The summed E-state index contributed by atoms with van der Waals surface area (Å²) in [6, 6.07) is 21.0. The topological polar surface area (TPSA) is 24.9 Å². The predicted octanol–water partition coefficient (Wildman–Crippen LogP) is 4.40. The fourth-order valence-electron chi connectivity index (χ4n) is 2.85. The van der Waals surface area contributed by atoms with Gasteiger partial charge in [0.1, 0.15) is 5.82 Å². The molecule has 4 rings (SSSR count). The molecule has 96 valence electrons. The SMILES string of the molecule is c1ccc(Nc2cccc3c2Cc2ccccc2-3)nc1. The Morgan fingerprint density at radius 1 is 0.800 bits per heavy atom. The van der Waals surface area contributed by atoms with Crippen molar-refractivity contribution in [3.8, 4) is 11.1 Å². The molecule has 1 aliphatic carbocycles. The number of nitrogens with one attached hydrogen (secondary N) is 1. The van der Waals surface area contributed by atoms with Crippen LogP contribution in [0.3, 0.4) is 0 Å². The molecule has 3 aromatic rings. The summed E-state index contributed by atoms with van der Waals surface area (Å²) >= 11 is 0. The molecule has 0 amide bonds. The van der Waals surface area contributed by atoms with Gasteiger partial charge >= 0.3 is 0 Å². The largest absolute Gasteiger partial charge is 0.340 e. The van der Waals surface area contributed by atoms with Gasteiger partial charge in [0.05, 0.1) is 0 Å². The molecule has 0 fully saturated rings. The molecule has 0 aliphatic heterocycles. The zero-order valence-corrected chi connectivity index (χ0v) is 11.0. The molecule has 1 N–H and O–H groups in total. The van der Waals surface area contributed by atoms with Crippen molar-refractivity contribution in [1.29, 1.82) is 0 Å². The van der Waals surface area contributed by atoms with E-state index in [9.17, 15) is 0 Å². The lowest BCUT2D eigenvalue weighted by Gasteiger charge is -2.10. The Hall–Kier alpha value is -2.61. The fraction of sp³-hybridized carbons (Fsp3) is 0.0556. The van der Waals surface area contributed by atoms with Crippen LogP contribution < -0.4 is 5.32 Å². The monoisotopic (exact) mass is 258 g/mol. The van der Waals surface area contributed by atoms with Gasteiger partial charge in [-0.25, -0.2) is 4.98 Å². The van der Waals surface area contributed by atoms with Crippen molar-refractivity contribution in [3.05, 3.63) is 78.0 Å². The number of pyridine rings is 1. The summed E-state index contributed by atoms with van der Waals surface area (Å²) < 4.78 is 0. The van der Waals surface area contributed by atoms with Crippen LogP contribution in [-0.4, -0.2) is 4.98 Å². The first kappa shape index (κ1) is 11.2. The van der Waals surface area contributed by atoms with Crippen LogP contribution in [-0.2, 0) is 6.42 Å². The molecule has 1 heterocycles. The first-order chi connectivity index (χ1) is 9.92. The minimum Gasteiger partial charge on any atom is -0.340 e. The molecule has 20 heavy (non-hydrogen) atoms. The molecule has 0 atom stereocenters. The van der Waals surface area contributed by atoms with Crippen LogP contribution in [0.15, 0.2) is 66.9 Å². The highest BCUT2D eigenvalue weighted by molar-refractivity contribution is 5.83. The normalized spacial score (nSPS) is 11.8. The summed E-state index contributed by atoms with van der Waals surface area (Å²) in [5.41, 5.74) is 6.60. The van der Waals surface area contributed by atoms with Gasteiger partial charge in [-0.3, -0.25) is 0 Å². The molecule has 0 radical (unpaired) electrons. The van der Waals surface area contributed by atoms with Crippen molar-refractivity contribution < 1.29 is 0 Å². The Bertz CT molecular complexity index is 763. The second kappa shape index (κ2) is 4.49. The van der Waals surface area contributed by atoms with Gasteiger partial charge < -0.3 is 5.32 Å². The van der Waals surface area contributed by atoms with Crippen molar-refractivity contribution >= 4 is 11.5 Å². The number of hydrogen-bond donors (Lipinski definition) is 1. The summed E-state index contributed by atoms with van der Waals surface area (Å²) in [5, 5.41) is 3.43. The lowest BCUT2D eigenvalue weighted by Crippen LogP contribution is -1.96. The molecule has 1 aliphatic rings. The van der Waals surface area contributed by atoms with Gasteiger partial charge in [0.25, 0.3) is 0 Å². The van der Waals surface area contributed by atoms with Gasteiger partial charge in [-0.05, 0) is 40.5 Å². The van der Waals surface area contributed by atoms with E-state index in [1.807, 2.05) is 18.2 Å². The summed E-state index contributed by atoms with van der Waals surface area (Å²) in [6.07, 6.45) is 2.79. The number of benzene rings is 2. The minimum absolute atomic E-state index is 0.886. The van der Waals surface area contributed by atoms with Crippen LogP contribution in [0.1, 0.15) is 11.1 Å². The molecular weight excluding hydrogens is 244 g/mol. The van der Waals surface area contributed by atoms with Gasteiger partial charge in [-0.15, -0.1) is 0 Å². The number of hydrogen-bond acceptors (Lipinski definition) is 2. The average Bonchev–Trinajstić information content (AvgIpc) is 2.88. The van der Waals surface area contributed by atoms with Crippen LogP contribution >= 0.6 is 0 Å². The second-order valence-electron chi connectivity index (χ2n) is 5.01. The number of rotatable bonds is 2. The van der Waals surface area contributed by atoms with E-state index >= 15 is 0 Å². The number of nitrogens with zero attached hydrogens (tertiary/aromatic N) is 1. The predicted molar refractivity (Wildman–Crippen MR) is 82.2 cm³/mol. The molecule has 0 unspecified atom stereocenters. The molecule has 2 heteroatoms. The van der Waals surface area contributed by atoms with Crippen molar-refractivity contribution in [3.63, 3.8) is 0 Å². The quantitative estimate of drug-likeness (QED) is 0.576. The van der Waals surface area contributed by atoms with E-state index in [1.54, 1.807) is 6.20 Å². The van der Waals surface area contributed by atoms with Gasteiger partial charge in [0.15, 0.2) is 0 Å². The van der Waals surface area contributed by atoms with Gasteiger partial charge in [0, 0.05) is 18.3 Å². The maximum Gasteiger partial charge on any atom is 0.130 e. The molecular formula is C18H14N2. The standard InChI is InChI=1S/C18H14N2/c1-2-7-14-13(6-1)12-16-15(14)8-5-9-17(16)20-18-10-3-4-11-19-18/h1-11H,12H2,(H,19,20). The van der Waals surface area contributed by atoms with Gasteiger partial charge in [-0.2, -0.15) is 0 Å². The molecule has 1 aromatic heterocycles. The van der Waals surface area contributed by atoms with E-state index in [0.717, 1.165) is 17.9 Å². The van der Waals surface area contributed by atoms with E-state index in [0.29, 0.717) is 0 Å². The van der Waals surface area contributed by atoms with E-state index in [1.165, 1.54) is 22.3 Å². The van der Waals surface area contributed by atoms with Crippen molar-refractivity contribution in [1.82, 2.24) is 4.98 Å². The van der Waals surface area contributed by atoms with Crippen LogP contribution in [0.2, 0.25) is 0 Å². The van der Waals surface area contributed by atoms with Crippen LogP contribution in [0.5, 0.6) is 0 Å². The third-order valence-corrected chi connectivity index (χ3v) is 3.78. The first-order valence-electron chi connectivity index (χ1n) is 6.80. The Morgan fingerprint density at radius 3 is 2.55 bits per heavy atom. The Balaban J connectivity index is 1.78. The maximum absolute atomic E-state index is 4.34. The summed E-state index contributed by atoms with van der Waals surface area (Å²) in [7, 11) is 0. The third kappa shape index (κ3) is 1.77. The lowest BCUT2D eigenvalue weighted by atomic mass is 10.1. The zero-order valence-electron chi connectivity index (χ0n) is 11.0. The molecule has 0 saturated heterocycles. The van der Waals surface area contributed by atoms with Crippen molar-refractivity contribution in [2.75, 3.05) is 5.32 Å². The summed E-state index contributed by atoms with van der Waals surface area (Å²) in [5.74, 6) is 0.886. The Morgan fingerprint density at radius 2 is 1.65 bits per heavy atom. The van der Waals surface area contributed by atoms with Crippen LogP contribution in [0.4, 0.5) is 11.5 Å². The number of fused-ring (bicyclic) bond motifs is 3. The Labute approximate surface area is 118 Å². The van der Waals surface area contributed by atoms with Gasteiger partial charge in [0.2, 0.25) is 0 Å². The second-order valence-corrected chi connectivity index (χ2v) is 5.01. The molecule has 0 saturated carbocycles. The molecule has 2 nitrogen and oxygen atoms in total.